The van der Waals surface area contributed by atoms with Crippen LogP contribution in [0.3, 0.4) is 0 Å². The van der Waals surface area contributed by atoms with E-state index in [1.54, 1.807) is 6.07 Å². The first-order valence-corrected chi connectivity index (χ1v) is 8.75. The van der Waals surface area contributed by atoms with Crippen molar-refractivity contribution in [2.45, 2.75) is 32.7 Å². The van der Waals surface area contributed by atoms with Crippen LogP contribution in [0.5, 0.6) is 0 Å². The molecule has 0 aromatic heterocycles. The van der Waals surface area contributed by atoms with E-state index in [0.717, 1.165) is 41.9 Å². The molecule has 1 aliphatic heterocycles. The lowest BCUT2D eigenvalue weighted by molar-refractivity contribution is -0.384. The number of nitrogens with zero attached hydrogens (tertiary/aromatic N) is 1. The molecule has 0 aliphatic carbocycles. The monoisotopic (exact) mass is 354 g/mol. The van der Waals surface area contributed by atoms with Gasteiger partial charge in [0.25, 0.3) is 5.69 Å². The lowest BCUT2D eigenvalue weighted by atomic mass is 10.1. The van der Waals surface area contributed by atoms with Gasteiger partial charge in [-0.15, -0.1) is 0 Å². The summed E-state index contributed by atoms with van der Waals surface area (Å²) in [5.74, 6) is -0.0137. The number of hydrogen-bond donors (Lipinski definition) is 3. The number of hydrogen-bond acceptors (Lipinski definition) is 5. The molecule has 1 aliphatic rings. The van der Waals surface area contributed by atoms with Crippen molar-refractivity contribution in [2.75, 3.05) is 22.5 Å². The predicted octanol–water partition coefficient (Wildman–Crippen LogP) is 3.91. The van der Waals surface area contributed by atoms with Crippen molar-refractivity contribution in [3.05, 3.63) is 57.6 Å². The van der Waals surface area contributed by atoms with Gasteiger partial charge in [0.05, 0.1) is 4.92 Å². The van der Waals surface area contributed by atoms with Gasteiger partial charge in [-0.3, -0.25) is 14.9 Å². The molecule has 0 fully saturated rings. The van der Waals surface area contributed by atoms with Crippen molar-refractivity contribution < 1.29 is 9.72 Å². The minimum atomic E-state index is -0.359. The van der Waals surface area contributed by atoms with Crippen LogP contribution in [0.25, 0.3) is 0 Å². The van der Waals surface area contributed by atoms with E-state index in [0.29, 0.717) is 18.7 Å². The minimum absolute atomic E-state index is 0.0137. The van der Waals surface area contributed by atoms with Gasteiger partial charge in [0, 0.05) is 42.5 Å². The zero-order chi connectivity index (χ0) is 18.5. The van der Waals surface area contributed by atoms with Crippen molar-refractivity contribution in [1.82, 2.24) is 0 Å². The Balaban J connectivity index is 1.76. The highest BCUT2D eigenvalue weighted by Gasteiger charge is 2.23. The van der Waals surface area contributed by atoms with Crippen LogP contribution in [-0.4, -0.2) is 17.4 Å². The van der Waals surface area contributed by atoms with Gasteiger partial charge in [-0.2, -0.15) is 0 Å². The second kappa shape index (κ2) is 7.86. The summed E-state index contributed by atoms with van der Waals surface area (Å²) in [5.41, 5.74) is 4.22. The van der Waals surface area contributed by atoms with Crippen molar-refractivity contribution in [1.29, 1.82) is 0 Å². The summed E-state index contributed by atoms with van der Waals surface area (Å²) < 4.78 is 0. The number of benzene rings is 2. The molecule has 0 radical (unpaired) electrons. The molecule has 3 rings (SSSR count). The molecular formula is C19H22N4O3. The van der Waals surface area contributed by atoms with Gasteiger partial charge in [-0.1, -0.05) is 19.1 Å². The molecule has 0 saturated heterocycles. The Hall–Kier alpha value is -3.09. The number of amides is 1. The van der Waals surface area contributed by atoms with Gasteiger partial charge in [0.2, 0.25) is 5.91 Å². The summed E-state index contributed by atoms with van der Waals surface area (Å²) in [6.45, 7) is 3.18. The fraction of sp³-hybridized carbons (Fsp3) is 0.316. The first-order valence-electron chi connectivity index (χ1n) is 8.75. The van der Waals surface area contributed by atoms with Gasteiger partial charge in [0.1, 0.15) is 5.69 Å². The van der Waals surface area contributed by atoms with Gasteiger partial charge >= 0.3 is 0 Å². The fourth-order valence-electron chi connectivity index (χ4n) is 3.13. The lowest BCUT2D eigenvalue weighted by Crippen LogP contribution is -2.11. The Bertz CT molecular complexity index is 836. The molecule has 0 bridgehead atoms. The van der Waals surface area contributed by atoms with Gasteiger partial charge in [-0.05, 0) is 36.6 Å². The number of nitro benzene ring substituents is 1. The maximum atomic E-state index is 11.7. The predicted molar refractivity (Wildman–Crippen MR) is 103 cm³/mol. The highest BCUT2D eigenvalue weighted by Crippen LogP contribution is 2.37. The smallest absolute Gasteiger partial charge is 0.292 e. The fourth-order valence-corrected chi connectivity index (χ4v) is 3.13. The molecule has 0 saturated carbocycles. The van der Waals surface area contributed by atoms with E-state index in [-0.39, 0.29) is 16.5 Å². The third-order valence-electron chi connectivity index (χ3n) is 4.34. The number of anilines is 3. The maximum absolute atomic E-state index is 11.7. The Morgan fingerprint density at radius 3 is 2.92 bits per heavy atom. The quantitative estimate of drug-likeness (QED) is 0.517. The average molecular weight is 354 g/mol. The molecule has 0 unspecified atom stereocenters. The molecule has 7 nitrogen and oxygen atoms in total. The number of fused-ring (bicyclic) bond motifs is 1. The normalized spacial score (nSPS) is 12.2. The zero-order valence-corrected chi connectivity index (χ0v) is 14.7. The van der Waals surface area contributed by atoms with E-state index in [9.17, 15) is 14.9 Å². The third-order valence-corrected chi connectivity index (χ3v) is 4.34. The van der Waals surface area contributed by atoms with E-state index in [1.807, 2.05) is 31.2 Å². The highest BCUT2D eigenvalue weighted by molar-refractivity contribution is 5.90. The molecule has 2 aromatic carbocycles. The molecule has 136 valence electrons. The summed E-state index contributed by atoms with van der Waals surface area (Å²) in [4.78, 5) is 22.8. The van der Waals surface area contributed by atoms with Crippen molar-refractivity contribution in [3.8, 4) is 0 Å². The number of nitro groups is 1. The van der Waals surface area contributed by atoms with E-state index >= 15 is 0 Å². The lowest BCUT2D eigenvalue weighted by Gasteiger charge is -2.12. The number of carbonyl (C=O) groups is 1. The number of rotatable bonds is 7. The summed E-state index contributed by atoms with van der Waals surface area (Å²) >= 11 is 0. The number of carbonyl (C=O) groups excluding carboxylic acids is 1. The standard InChI is InChI=1S/C19H22N4O3/c1-2-4-18(24)22-14-6-3-5-13(11-14)12-21-19-15-9-10-20-16(15)7-8-17(19)23(25)26/h3,5-8,11,20-21H,2,4,9-10,12H2,1H3,(H,22,24). The van der Waals surface area contributed by atoms with Crippen LogP contribution >= 0.6 is 0 Å². The first-order chi connectivity index (χ1) is 12.6. The Morgan fingerprint density at radius 2 is 2.15 bits per heavy atom. The zero-order valence-electron chi connectivity index (χ0n) is 14.7. The van der Waals surface area contributed by atoms with Crippen LogP contribution in [-0.2, 0) is 17.8 Å². The van der Waals surface area contributed by atoms with Crippen molar-refractivity contribution in [2.24, 2.45) is 0 Å². The molecule has 3 N–H and O–H groups in total. The largest absolute Gasteiger partial charge is 0.384 e. The third kappa shape index (κ3) is 3.93. The van der Waals surface area contributed by atoms with Crippen LogP contribution in [0.4, 0.5) is 22.7 Å². The van der Waals surface area contributed by atoms with E-state index in [2.05, 4.69) is 16.0 Å². The second-order valence-electron chi connectivity index (χ2n) is 6.27. The summed E-state index contributed by atoms with van der Waals surface area (Å²) in [6, 6.07) is 10.8. The molecule has 26 heavy (non-hydrogen) atoms. The van der Waals surface area contributed by atoms with Crippen LogP contribution < -0.4 is 16.0 Å². The number of nitrogens with one attached hydrogen (secondary N) is 3. The molecular weight excluding hydrogens is 332 g/mol. The topological polar surface area (TPSA) is 96.3 Å². The van der Waals surface area contributed by atoms with E-state index < -0.39 is 0 Å². The summed E-state index contributed by atoms with van der Waals surface area (Å²) in [6.07, 6.45) is 2.04. The van der Waals surface area contributed by atoms with Gasteiger partial charge in [0.15, 0.2) is 0 Å². The molecule has 2 aromatic rings. The highest BCUT2D eigenvalue weighted by atomic mass is 16.6. The Kier molecular flexibility index (Phi) is 5.36. The van der Waals surface area contributed by atoms with Gasteiger partial charge in [-0.25, -0.2) is 0 Å². The van der Waals surface area contributed by atoms with Crippen LogP contribution in [0, 0.1) is 10.1 Å². The average Bonchev–Trinajstić information content (AvgIpc) is 3.08. The molecule has 7 heteroatoms. The SMILES string of the molecule is CCCC(=O)Nc1cccc(CNc2c([N+](=O)[O-])ccc3c2CCN3)c1. The van der Waals surface area contributed by atoms with Crippen LogP contribution in [0.2, 0.25) is 0 Å². The minimum Gasteiger partial charge on any atom is -0.384 e. The molecule has 0 atom stereocenters. The summed E-state index contributed by atoms with van der Waals surface area (Å²) in [5, 5.41) is 20.7. The Labute approximate surface area is 152 Å². The maximum Gasteiger partial charge on any atom is 0.292 e. The van der Waals surface area contributed by atoms with Gasteiger partial charge < -0.3 is 16.0 Å². The van der Waals surface area contributed by atoms with E-state index in [4.69, 9.17) is 0 Å². The summed E-state index contributed by atoms with van der Waals surface area (Å²) in [7, 11) is 0. The van der Waals surface area contributed by atoms with Crippen LogP contribution in [0.15, 0.2) is 36.4 Å². The molecule has 1 amide bonds. The van der Waals surface area contributed by atoms with Crippen LogP contribution in [0.1, 0.15) is 30.9 Å². The van der Waals surface area contributed by atoms with Crippen molar-refractivity contribution >= 4 is 28.7 Å². The Morgan fingerprint density at radius 1 is 1.31 bits per heavy atom. The van der Waals surface area contributed by atoms with E-state index in [1.165, 1.54) is 6.07 Å². The molecule has 1 heterocycles. The first kappa shape index (κ1) is 17.7. The van der Waals surface area contributed by atoms with Crippen molar-refractivity contribution in [3.63, 3.8) is 0 Å². The second-order valence-corrected chi connectivity index (χ2v) is 6.27. The molecule has 0 spiro atoms.